The van der Waals surface area contributed by atoms with E-state index in [9.17, 15) is 9.59 Å². The maximum Gasteiger partial charge on any atom is 0.320 e. The molecule has 1 aliphatic rings. The molecule has 0 atom stereocenters. The Hall–Kier alpha value is -1.26. The van der Waals surface area contributed by atoms with Gasteiger partial charge in [0.1, 0.15) is 0 Å². The van der Waals surface area contributed by atoms with E-state index in [0.29, 0.717) is 6.04 Å². The van der Waals surface area contributed by atoms with Crippen molar-refractivity contribution in [1.29, 1.82) is 0 Å². The van der Waals surface area contributed by atoms with Crippen LogP contribution >= 0.6 is 0 Å². The second-order valence-corrected chi connectivity index (χ2v) is 4.63. The van der Waals surface area contributed by atoms with Crippen LogP contribution in [0, 0.1) is 0 Å². The summed E-state index contributed by atoms with van der Waals surface area (Å²) in [5, 5.41) is 8.59. The Morgan fingerprint density at radius 1 is 1.29 bits per heavy atom. The molecular weight excluding hydrogens is 220 g/mol. The summed E-state index contributed by atoms with van der Waals surface area (Å²) in [5.74, 6) is -0.865. The lowest BCUT2D eigenvalue weighted by molar-refractivity contribution is -0.137. The van der Waals surface area contributed by atoms with Crippen LogP contribution in [0.25, 0.3) is 0 Å². The second kappa shape index (κ2) is 6.47. The zero-order valence-electron chi connectivity index (χ0n) is 10.7. The first kappa shape index (κ1) is 13.8. The van der Waals surface area contributed by atoms with Gasteiger partial charge in [-0.1, -0.05) is 13.3 Å². The summed E-state index contributed by atoms with van der Waals surface area (Å²) in [6.07, 6.45) is 4.25. The smallest absolute Gasteiger partial charge is 0.320 e. The van der Waals surface area contributed by atoms with E-state index < -0.39 is 5.97 Å². The molecule has 1 saturated carbocycles. The summed E-state index contributed by atoms with van der Waals surface area (Å²) in [6.45, 7) is 3.17. The van der Waals surface area contributed by atoms with Gasteiger partial charge in [-0.2, -0.15) is 0 Å². The number of nitrogens with zero attached hydrogens (tertiary/aromatic N) is 2. The van der Waals surface area contributed by atoms with Crippen molar-refractivity contribution in [3.05, 3.63) is 0 Å². The first-order valence-corrected chi connectivity index (χ1v) is 6.29. The molecule has 0 saturated heterocycles. The summed E-state index contributed by atoms with van der Waals surface area (Å²) in [6, 6.07) is 0.364. The van der Waals surface area contributed by atoms with E-state index in [4.69, 9.17) is 5.11 Å². The number of carbonyl (C=O) groups is 2. The van der Waals surface area contributed by atoms with Crippen LogP contribution in [-0.4, -0.2) is 53.1 Å². The maximum atomic E-state index is 12.1. The van der Waals surface area contributed by atoms with Crippen molar-refractivity contribution in [2.75, 3.05) is 20.1 Å². The average molecular weight is 242 g/mol. The Morgan fingerprint density at radius 2 is 1.94 bits per heavy atom. The third-order valence-electron chi connectivity index (χ3n) is 2.97. The highest BCUT2D eigenvalue weighted by Crippen LogP contribution is 2.27. The molecule has 1 rings (SSSR count). The number of unbranched alkanes of at least 4 members (excludes halogenated alkanes) is 1. The molecule has 0 aromatic carbocycles. The molecule has 0 aliphatic heterocycles. The number of aliphatic carboxylic acids is 1. The average Bonchev–Trinajstić information content (AvgIpc) is 3.10. The van der Waals surface area contributed by atoms with Crippen LogP contribution in [0.3, 0.4) is 0 Å². The van der Waals surface area contributed by atoms with E-state index >= 15 is 0 Å². The first-order chi connectivity index (χ1) is 8.06. The van der Waals surface area contributed by atoms with Gasteiger partial charge in [0.25, 0.3) is 0 Å². The molecule has 2 amide bonds. The van der Waals surface area contributed by atoms with Crippen molar-refractivity contribution in [2.24, 2.45) is 0 Å². The van der Waals surface area contributed by atoms with Crippen LogP contribution in [0.5, 0.6) is 0 Å². The summed E-state index contributed by atoms with van der Waals surface area (Å²) >= 11 is 0. The lowest BCUT2D eigenvalue weighted by Crippen LogP contribution is -2.43. The molecule has 17 heavy (non-hydrogen) atoms. The first-order valence-electron chi connectivity index (χ1n) is 6.29. The Balaban J connectivity index is 2.42. The quantitative estimate of drug-likeness (QED) is 0.740. The van der Waals surface area contributed by atoms with Crippen LogP contribution < -0.4 is 0 Å². The molecule has 0 heterocycles. The number of amides is 2. The summed E-state index contributed by atoms with van der Waals surface area (Å²) in [7, 11) is 1.67. The molecule has 0 spiro atoms. The lowest BCUT2D eigenvalue weighted by Gasteiger charge is -2.28. The normalized spacial score (nSPS) is 14.5. The van der Waals surface area contributed by atoms with E-state index in [-0.39, 0.29) is 19.0 Å². The fourth-order valence-corrected chi connectivity index (χ4v) is 1.73. The lowest BCUT2D eigenvalue weighted by atomic mass is 10.3. The molecule has 0 aromatic heterocycles. The van der Waals surface area contributed by atoms with Crippen molar-refractivity contribution in [3.63, 3.8) is 0 Å². The highest BCUT2D eigenvalue weighted by molar-refractivity contribution is 5.75. The number of carboxylic acid groups (broad SMARTS) is 1. The SMILES string of the molecule is CCCCN(C(=O)N(C)CCC(=O)O)C1CC1. The number of carboxylic acids is 1. The third kappa shape index (κ3) is 4.63. The predicted octanol–water partition coefficient (Wildman–Crippen LogP) is 1.78. The van der Waals surface area contributed by atoms with Crippen molar-refractivity contribution >= 4 is 12.0 Å². The van der Waals surface area contributed by atoms with Gasteiger partial charge < -0.3 is 14.9 Å². The van der Waals surface area contributed by atoms with Gasteiger partial charge in [-0.25, -0.2) is 4.79 Å². The zero-order valence-corrected chi connectivity index (χ0v) is 10.7. The third-order valence-corrected chi connectivity index (χ3v) is 2.97. The van der Waals surface area contributed by atoms with Crippen LogP contribution in [0.15, 0.2) is 0 Å². The van der Waals surface area contributed by atoms with Crippen molar-refractivity contribution < 1.29 is 14.7 Å². The van der Waals surface area contributed by atoms with Crippen LogP contribution in [0.2, 0.25) is 0 Å². The van der Waals surface area contributed by atoms with E-state index in [0.717, 1.165) is 32.2 Å². The molecule has 0 unspecified atom stereocenters. The highest BCUT2D eigenvalue weighted by atomic mass is 16.4. The molecule has 0 aromatic rings. The standard InChI is InChI=1S/C12H22N2O3/c1-3-4-8-14(10-5-6-10)12(17)13(2)9-7-11(15)16/h10H,3-9H2,1-2H3,(H,15,16). The Labute approximate surface area is 102 Å². The minimum atomic E-state index is -0.865. The van der Waals surface area contributed by atoms with E-state index in [2.05, 4.69) is 6.92 Å². The van der Waals surface area contributed by atoms with E-state index in [1.165, 1.54) is 4.90 Å². The molecule has 0 radical (unpaired) electrons. The van der Waals surface area contributed by atoms with Gasteiger partial charge in [0.05, 0.1) is 6.42 Å². The number of rotatable bonds is 7. The van der Waals surface area contributed by atoms with E-state index in [1.807, 2.05) is 4.90 Å². The van der Waals surface area contributed by atoms with Gasteiger partial charge in [-0.3, -0.25) is 4.79 Å². The van der Waals surface area contributed by atoms with Crippen molar-refractivity contribution in [3.8, 4) is 0 Å². The highest BCUT2D eigenvalue weighted by Gasteiger charge is 2.33. The maximum absolute atomic E-state index is 12.1. The van der Waals surface area contributed by atoms with Gasteiger partial charge in [0, 0.05) is 26.2 Å². The van der Waals surface area contributed by atoms with Gasteiger partial charge in [0.2, 0.25) is 0 Å². The van der Waals surface area contributed by atoms with Gasteiger partial charge in [-0.05, 0) is 19.3 Å². The fourth-order valence-electron chi connectivity index (χ4n) is 1.73. The Kier molecular flexibility index (Phi) is 5.25. The zero-order chi connectivity index (χ0) is 12.8. The largest absolute Gasteiger partial charge is 0.481 e. The Bertz CT molecular complexity index is 277. The number of carbonyl (C=O) groups excluding carboxylic acids is 1. The van der Waals surface area contributed by atoms with Gasteiger partial charge in [-0.15, -0.1) is 0 Å². The molecule has 5 nitrogen and oxygen atoms in total. The molecule has 1 aliphatic carbocycles. The number of urea groups is 1. The molecule has 0 bridgehead atoms. The molecular formula is C12H22N2O3. The second-order valence-electron chi connectivity index (χ2n) is 4.63. The van der Waals surface area contributed by atoms with Crippen molar-refractivity contribution in [1.82, 2.24) is 9.80 Å². The molecule has 98 valence electrons. The number of hydrogen-bond acceptors (Lipinski definition) is 2. The minimum absolute atomic E-state index is 0.00846. The molecule has 1 N–H and O–H groups in total. The Morgan fingerprint density at radius 3 is 2.41 bits per heavy atom. The molecule has 5 heteroatoms. The number of hydrogen-bond donors (Lipinski definition) is 1. The van der Waals surface area contributed by atoms with Crippen molar-refractivity contribution in [2.45, 2.75) is 45.1 Å². The van der Waals surface area contributed by atoms with Crippen LogP contribution in [0.1, 0.15) is 39.0 Å². The molecule has 1 fully saturated rings. The predicted molar refractivity (Wildman–Crippen MR) is 64.9 cm³/mol. The topological polar surface area (TPSA) is 60.9 Å². The summed E-state index contributed by atoms with van der Waals surface area (Å²) < 4.78 is 0. The van der Waals surface area contributed by atoms with Gasteiger partial charge >= 0.3 is 12.0 Å². The fraction of sp³-hybridized carbons (Fsp3) is 0.833. The minimum Gasteiger partial charge on any atom is -0.481 e. The monoisotopic (exact) mass is 242 g/mol. The van der Waals surface area contributed by atoms with Crippen LogP contribution in [0.4, 0.5) is 4.79 Å². The summed E-state index contributed by atoms with van der Waals surface area (Å²) in [5.41, 5.74) is 0. The van der Waals surface area contributed by atoms with Gasteiger partial charge in [0.15, 0.2) is 0 Å². The van der Waals surface area contributed by atoms with E-state index in [1.54, 1.807) is 7.05 Å². The summed E-state index contributed by atoms with van der Waals surface area (Å²) in [4.78, 5) is 26.0. The van der Waals surface area contributed by atoms with Crippen LogP contribution in [-0.2, 0) is 4.79 Å².